The summed E-state index contributed by atoms with van der Waals surface area (Å²) >= 11 is 0. The Bertz CT molecular complexity index is 1140. The van der Waals surface area contributed by atoms with Gasteiger partial charge in [0.2, 0.25) is 5.91 Å². The van der Waals surface area contributed by atoms with Gasteiger partial charge in [-0.05, 0) is 61.2 Å². The van der Waals surface area contributed by atoms with E-state index in [-0.39, 0.29) is 18.3 Å². The van der Waals surface area contributed by atoms with Gasteiger partial charge in [0.1, 0.15) is 11.6 Å². The van der Waals surface area contributed by atoms with Crippen LogP contribution in [-0.4, -0.2) is 45.7 Å². The number of hydrogen-bond acceptors (Lipinski definition) is 4. The topological polar surface area (TPSA) is 67.6 Å². The van der Waals surface area contributed by atoms with Crippen LogP contribution in [0.5, 0.6) is 5.75 Å². The molecule has 1 amide bonds. The smallest absolute Gasteiger partial charge is 0.250 e. The average Bonchev–Trinajstić information content (AvgIpc) is 3.23. The minimum atomic E-state index is -0.506. The maximum atomic E-state index is 13.3. The fraction of sp³-hybridized carbons (Fsp3) is 0.280. The molecular formula is C25H26FN3O3. The van der Waals surface area contributed by atoms with E-state index in [1.165, 1.54) is 12.1 Å². The van der Waals surface area contributed by atoms with Crippen LogP contribution in [0.25, 0.3) is 11.8 Å². The Kier molecular flexibility index (Phi) is 6.37. The lowest BCUT2D eigenvalue weighted by Gasteiger charge is -2.35. The molecule has 1 aliphatic heterocycles. The second-order valence-electron chi connectivity index (χ2n) is 7.88. The highest BCUT2D eigenvalue weighted by Gasteiger charge is 2.30. The number of rotatable bonds is 6. The van der Waals surface area contributed by atoms with E-state index in [1.54, 1.807) is 30.5 Å². The highest BCUT2D eigenvalue weighted by Crippen LogP contribution is 2.30. The number of methoxy groups -OCH3 is 1. The third-order valence-electron chi connectivity index (χ3n) is 5.72. The molecule has 6 nitrogen and oxygen atoms in total. The minimum absolute atomic E-state index is 0.118. The van der Waals surface area contributed by atoms with Crippen molar-refractivity contribution in [1.29, 1.82) is 0 Å². The predicted molar refractivity (Wildman–Crippen MR) is 120 cm³/mol. The number of piperidine rings is 1. The Morgan fingerprint density at radius 1 is 1.25 bits per heavy atom. The second-order valence-corrected chi connectivity index (χ2v) is 7.88. The average molecular weight is 435 g/mol. The zero-order valence-corrected chi connectivity index (χ0v) is 18.2. The molecule has 2 aromatic carbocycles. The normalized spacial score (nSPS) is 16.4. The number of aliphatic hydroxyl groups is 1. The van der Waals surface area contributed by atoms with Crippen molar-refractivity contribution in [3.63, 3.8) is 0 Å². The molecular weight excluding hydrogens is 409 g/mol. The molecule has 0 unspecified atom stereocenters. The molecule has 3 aromatic rings. The number of benzene rings is 2. The Labute approximate surface area is 186 Å². The molecule has 166 valence electrons. The third-order valence-corrected chi connectivity index (χ3v) is 5.72. The van der Waals surface area contributed by atoms with Crippen LogP contribution in [0.1, 0.15) is 35.7 Å². The van der Waals surface area contributed by atoms with Gasteiger partial charge in [0, 0.05) is 18.3 Å². The Balaban J connectivity index is 1.61. The van der Waals surface area contributed by atoms with Crippen LogP contribution in [0.4, 0.5) is 4.39 Å². The number of aryl methyl sites for hydroxylation is 1. The first-order chi connectivity index (χ1) is 15.5. The van der Waals surface area contributed by atoms with Crippen LogP contribution in [-0.2, 0) is 4.79 Å². The monoisotopic (exact) mass is 435 g/mol. The van der Waals surface area contributed by atoms with Crippen molar-refractivity contribution in [1.82, 2.24) is 14.5 Å². The summed E-state index contributed by atoms with van der Waals surface area (Å²) in [5.74, 6) is 0.212. The van der Waals surface area contributed by atoms with Crippen molar-refractivity contribution >= 4 is 12.0 Å². The number of hydrogen-bond donors (Lipinski definition) is 1. The van der Waals surface area contributed by atoms with Crippen LogP contribution in [0, 0.1) is 12.7 Å². The van der Waals surface area contributed by atoms with Crippen LogP contribution in [0.15, 0.2) is 60.6 Å². The SMILES string of the molecule is COc1cc(C=C2CCCN([C@@H](CO)c3ccc(F)cc3)C2=O)ccc1-n1cnc(C)c1. The molecule has 1 N–H and O–H groups in total. The summed E-state index contributed by atoms with van der Waals surface area (Å²) < 4.78 is 20.8. The first kappa shape index (κ1) is 21.8. The van der Waals surface area contributed by atoms with Crippen LogP contribution in [0.3, 0.4) is 0 Å². The van der Waals surface area contributed by atoms with Gasteiger partial charge in [0.15, 0.2) is 0 Å². The lowest BCUT2D eigenvalue weighted by atomic mass is 9.97. The summed E-state index contributed by atoms with van der Waals surface area (Å²) in [7, 11) is 1.61. The molecule has 1 atom stereocenters. The van der Waals surface area contributed by atoms with Crippen molar-refractivity contribution < 1.29 is 19.0 Å². The summed E-state index contributed by atoms with van der Waals surface area (Å²) in [5, 5.41) is 9.97. The lowest BCUT2D eigenvalue weighted by Crippen LogP contribution is -2.41. The molecule has 32 heavy (non-hydrogen) atoms. The highest BCUT2D eigenvalue weighted by molar-refractivity contribution is 5.98. The molecule has 1 aromatic heterocycles. The molecule has 0 aliphatic carbocycles. The van der Waals surface area contributed by atoms with Crippen LogP contribution >= 0.6 is 0 Å². The van der Waals surface area contributed by atoms with Gasteiger partial charge in [-0.15, -0.1) is 0 Å². The van der Waals surface area contributed by atoms with Crippen LogP contribution in [0.2, 0.25) is 0 Å². The van der Waals surface area contributed by atoms with Crippen LogP contribution < -0.4 is 4.74 Å². The van der Waals surface area contributed by atoms with Gasteiger partial charge >= 0.3 is 0 Å². The molecule has 4 rings (SSSR count). The Morgan fingerprint density at radius 3 is 2.69 bits per heavy atom. The Morgan fingerprint density at radius 2 is 2.03 bits per heavy atom. The number of aromatic nitrogens is 2. The molecule has 0 saturated carbocycles. The highest BCUT2D eigenvalue weighted by atomic mass is 19.1. The minimum Gasteiger partial charge on any atom is -0.495 e. The number of nitrogens with zero attached hydrogens (tertiary/aromatic N) is 3. The standard InChI is InChI=1S/C25H26FN3O3/c1-17-14-28(16-27-17)22-10-5-18(13-24(22)32-2)12-20-4-3-11-29(25(20)31)23(15-30)19-6-8-21(26)9-7-19/h5-10,12-14,16,23,30H,3-4,11,15H2,1-2H3/t23-/m0/s1. The van der Waals surface area contributed by atoms with E-state index in [4.69, 9.17) is 4.74 Å². The number of aliphatic hydroxyl groups excluding tert-OH is 1. The quantitative estimate of drug-likeness (QED) is 0.593. The van der Waals surface area contributed by atoms with Crippen molar-refractivity contribution in [2.24, 2.45) is 0 Å². The lowest BCUT2D eigenvalue weighted by molar-refractivity contribution is -0.132. The van der Waals surface area contributed by atoms with Gasteiger partial charge in [0.05, 0.1) is 37.5 Å². The third kappa shape index (κ3) is 4.43. The van der Waals surface area contributed by atoms with Gasteiger partial charge in [0.25, 0.3) is 0 Å². The van der Waals surface area contributed by atoms with Crippen molar-refractivity contribution in [3.05, 3.63) is 83.2 Å². The zero-order chi connectivity index (χ0) is 22.7. The summed E-state index contributed by atoms with van der Waals surface area (Å²) in [6.07, 6.45) is 6.97. The van der Waals surface area contributed by atoms with Gasteiger partial charge in [-0.2, -0.15) is 0 Å². The second kappa shape index (κ2) is 9.36. The van der Waals surface area contributed by atoms with Crippen molar-refractivity contribution in [2.45, 2.75) is 25.8 Å². The zero-order valence-electron chi connectivity index (χ0n) is 18.2. The number of carbonyl (C=O) groups excluding carboxylic acids is 1. The first-order valence-corrected chi connectivity index (χ1v) is 10.6. The molecule has 0 spiro atoms. The van der Waals surface area contributed by atoms with E-state index in [1.807, 2.05) is 42.0 Å². The molecule has 1 fully saturated rings. The van der Waals surface area contributed by atoms with Crippen molar-refractivity contribution in [2.75, 3.05) is 20.3 Å². The molecule has 0 bridgehead atoms. The fourth-order valence-electron chi connectivity index (χ4n) is 4.08. The molecule has 1 saturated heterocycles. The van der Waals surface area contributed by atoms with E-state index in [0.717, 1.165) is 23.4 Å². The number of imidazole rings is 1. The number of carbonyl (C=O) groups is 1. The fourth-order valence-corrected chi connectivity index (χ4v) is 4.08. The largest absolute Gasteiger partial charge is 0.495 e. The van der Waals surface area contributed by atoms with E-state index in [2.05, 4.69) is 4.98 Å². The van der Waals surface area contributed by atoms with E-state index in [9.17, 15) is 14.3 Å². The predicted octanol–water partition coefficient (Wildman–Crippen LogP) is 4.07. The van der Waals surface area contributed by atoms with E-state index < -0.39 is 6.04 Å². The first-order valence-electron chi connectivity index (χ1n) is 10.6. The maximum Gasteiger partial charge on any atom is 0.250 e. The number of amides is 1. The van der Waals surface area contributed by atoms with Gasteiger partial charge < -0.3 is 19.3 Å². The summed E-state index contributed by atoms with van der Waals surface area (Å²) in [6, 6.07) is 11.2. The summed E-state index contributed by atoms with van der Waals surface area (Å²) in [5.41, 5.74) is 4.01. The summed E-state index contributed by atoms with van der Waals surface area (Å²) in [6.45, 7) is 2.24. The maximum absolute atomic E-state index is 13.3. The molecule has 2 heterocycles. The number of halogens is 1. The molecule has 7 heteroatoms. The Hall–Kier alpha value is -3.45. The van der Waals surface area contributed by atoms with Gasteiger partial charge in [-0.25, -0.2) is 9.37 Å². The molecule has 0 radical (unpaired) electrons. The van der Waals surface area contributed by atoms with Gasteiger partial charge in [-0.1, -0.05) is 18.2 Å². The van der Waals surface area contributed by atoms with Gasteiger partial charge in [-0.3, -0.25) is 4.79 Å². The van der Waals surface area contributed by atoms with E-state index in [0.29, 0.717) is 29.9 Å². The number of likely N-dealkylation sites (tertiary alicyclic amines) is 1. The number of ether oxygens (including phenoxy) is 1. The molecule has 1 aliphatic rings. The summed E-state index contributed by atoms with van der Waals surface area (Å²) in [4.78, 5) is 19.2. The van der Waals surface area contributed by atoms with Crippen molar-refractivity contribution in [3.8, 4) is 11.4 Å². The van der Waals surface area contributed by atoms with E-state index >= 15 is 0 Å².